The fourth-order valence-corrected chi connectivity index (χ4v) is 2.48. The van der Waals surface area contributed by atoms with Crippen molar-refractivity contribution in [1.82, 2.24) is 0 Å². The topological polar surface area (TPSA) is 93.1 Å². The first-order valence-electron chi connectivity index (χ1n) is 9.33. The van der Waals surface area contributed by atoms with Crippen LogP contribution in [-0.2, 0) is 9.59 Å². The Hall–Kier alpha value is -2.98. The van der Waals surface area contributed by atoms with Crippen molar-refractivity contribution in [2.45, 2.75) is 13.8 Å². The van der Waals surface area contributed by atoms with Gasteiger partial charge in [-0.1, -0.05) is 35.4 Å². The van der Waals surface area contributed by atoms with Gasteiger partial charge in [-0.2, -0.15) is 0 Å². The number of ether oxygens (including phenoxy) is 2. The summed E-state index contributed by atoms with van der Waals surface area (Å²) in [6.45, 7) is 3.34. The summed E-state index contributed by atoms with van der Waals surface area (Å²) in [6.07, 6.45) is 0. The molecule has 0 bridgehead atoms. The molecule has 2 radical (unpaired) electrons. The Labute approximate surface area is 195 Å². The van der Waals surface area contributed by atoms with E-state index < -0.39 is 11.9 Å². The molecule has 0 amide bonds. The number of hydrogen-bond acceptors (Lipinski definition) is 4. The quantitative estimate of drug-likeness (QED) is 0.474. The van der Waals surface area contributed by atoms with Crippen LogP contribution < -0.4 is 13.0 Å². The van der Waals surface area contributed by atoms with E-state index in [4.69, 9.17) is 19.7 Å². The monoisotopic (exact) mass is 530 g/mol. The fourth-order valence-electron chi connectivity index (χ4n) is 1.99. The normalized spacial score (nSPS) is 9.26. The minimum atomic E-state index is -0.962. The van der Waals surface area contributed by atoms with Crippen LogP contribution in [-0.4, -0.2) is 58.4 Å². The Morgan fingerprint density at radius 1 is 0.677 bits per heavy atom. The summed E-state index contributed by atoms with van der Waals surface area (Å²) in [4.78, 5) is 20.2. The Bertz CT molecular complexity index is 850. The maximum absolute atomic E-state index is 10.1. The van der Waals surface area contributed by atoms with Crippen LogP contribution in [0.4, 0.5) is 0 Å². The number of carboxylic acids is 2. The first-order chi connectivity index (χ1) is 14.8. The van der Waals surface area contributed by atoms with Gasteiger partial charge in [0.05, 0.1) is 0 Å². The van der Waals surface area contributed by atoms with Crippen LogP contribution in [0.15, 0.2) is 78.9 Å². The van der Waals surface area contributed by atoms with Gasteiger partial charge in [0.25, 0.3) is 0 Å². The average Bonchev–Trinajstić information content (AvgIpc) is 2.74. The molecule has 0 aliphatic heterocycles. The Balaban J connectivity index is 0.000000241. The van der Waals surface area contributed by atoms with Gasteiger partial charge in [0.1, 0.15) is 11.5 Å². The first-order valence-corrected chi connectivity index (χ1v) is 10.6. The number of hydrogen-bond donors (Lipinski definition) is 2. The SMILES string of the molecule is Cc1ccc(OCC(=O)O)cc1.Cc1ccc(OCC(=O)O)cc1.[Sb][c]1ccccc1. The van der Waals surface area contributed by atoms with E-state index in [-0.39, 0.29) is 13.2 Å². The average molecular weight is 531 g/mol. The van der Waals surface area contributed by atoms with Gasteiger partial charge < -0.3 is 19.7 Å². The summed E-state index contributed by atoms with van der Waals surface area (Å²) in [7, 11) is 0. The second kappa shape index (κ2) is 14.9. The van der Waals surface area contributed by atoms with E-state index >= 15 is 0 Å². The van der Waals surface area contributed by atoms with Gasteiger partial charge in [0, 0.05) is 0 Å². The Kier molecular flexibility index (Phi) is 12.5. The molecule has 7 heteroatoms. The zero-order valence-corrected chi connectivity index (χ0v) is 19.9. The molecule has 0 saturated heterocycles. The summed E-state index contributed by atoms with van der Waals surface area (Å²) >= 11 is 1.76. The zero-order valence-electron chi connectivity index (χ0n) is 17.4. The number of benzene rings is 3. The van der Waals surface area contributed by atoms with Gasteiger partial charge in [-0.3, -0.25) is 0 Å². The molecule has 0 aliphatic rings. The van der Waals surface area contributed by atoms with Crippen molar-refractivity contribution in [2.24, 2.45) is 0 Å². The molecule has 0 unspecified atom stereocenters. The van der Waals surface area contributed by atoms with E-state index in [2.05, 4.69) is 12.1 Å². The zero-order chi connectivity index (χ0) is 23.1. The van der Waals surface area contributed by atoms with Crippen LogP contribution >= 0.6 is 0 Å². The Morgan fingerprint density at radius 3 is 1.29 bits per heavy atom. The van der Waals surface area contributed by atoms with Crippen LogP contribution in [0.2, 0.25) is 0 Å². The van der Waals surface area contributed by atoms with Crippen molar-refractivity contribution in [3.05, 3.63) is 90.0 Å². The molecule has 3 aromatic rings. The molecular formula is C24H25O6Sb. The number of carbonyl (C=O) groups is 2. The number of carboxylic acid groups (broad SMARTS) is 2. The van der Waals surface area contributed by atoms with E-state index in [1.165, 1.54) is 3.51 Å². The van der Waals surface area contributed by atoms with Crippen LogP contribution in [0.1, 0.15) is 11.1 Å². The molecular weight excluding hydrogens is 506 g/mol. The van der Waals surface area contributed by atoms with Gasteiger partial charge >= 0.3 is 68.8 Å². The number of rotatable bonds is 6. The van der Waals surface area contributed by atoms with Gasteiger partial charge in [-0.05, 0) is 38.1 Å². The number of aliphatic carboxylic acids is 2. The van der Waals surface area contributed by atoms with Crippen molar-refractivity contribution in [3.63, 3.8) is 0 Å². The summed E-state index contributed by atoms with van der Waals surface area (Å²) in [6, 6.07) is 24.8. The molecule has 6 nitrogen and oxygen atoms in total. The molecule has 0 spiro atoms. The van der Waals surface area contributed by atoms with Crippen LogP contribution in [0.5, 0.6) is 11.5 Å². The second-order valence-corrected chi connectivity index (χ2v) is 7.80. The maximum atomic E-state index is 10.1. The predicted molar refractivity (Wildman–Crippen MR) is 120 cm³/mol. The fraction of sp³-hybridized carbons (Fsp3) is 0.167. The van der Waals surface area contributed by atoms with Gasteiger partial charge in [-0.15, -0.1) is 0 Å². The summed E-state index contributed by atoms with van der Waals surface area (Å²) in [5, 5.41) is 16.6. The van der Waals surface area contributed by atoms with Gasteiger partial charge in [0.15, 0.2) is 13.2 Å². The van der Waals surface area contributed by atoms with E-state index in [1.54, 1.807) is 47.3 Å². The summed E-state index contributed by atoms with van der Waals surface area (Å²) < 4.78 is 11.2. The third-order valence-electron chi connectivity index (χ3n) is 3.52. The molecule has 0 saturated carbocycles. The summed E-state index contributed by atoms with van der Waals surface area (Å²) in [5.41, 5.74) is 2.25. The minimum absolute atomic E-state index is 0.289. The van der Waals surface area contributed by atoms with Crippen molar-refractivity contribution >= 4 is 38.5 Å². The van der Waals surface area contributed by atoms with E-state index in [0.29, 0.717) is 11.5 Å². The molecule has 0 atom stereocenters. The van der Waals surface area contributed by atoms with Crippen LogP contribution in [0, 0.1) is 13.8 Å². The van der Waals surface area contributed by atoms with E-state index in [0.717, 1.165) is 11.1 Å². The van der Waals surface area contributed by atoms with Gasteiger partial charge in [-0.25, -0.2) is 9.59 Å². The van der Waals surface area contributed by atoms with Crippen molar-refractivity contribution in [3.8, 4) is 11.5 Å². The van der Waals surface area contributed by atoms with E-state index in [9.17, 15) is 9.59 Å². The van der Waals surface area contributed by atoms with Crippen molar-refractivity contribution in [2.75, 3.05) is 13.2 Å². The predicted octanol–water partition coefficient (Wildman–Crippen LogP) is 3.40. The molecule has 0 aliphatic carbocycles. The Morgan fingerprint density at radius 2 is 1.03 bits per heavy atom. The molecule has 31 heavy (non-hydrogen) atoms. The molecule has 162 valence electrons. The standard InChI is InChI=1S/2C9H10O3.C6H5.Sb/c2*1-7-2-4-8(5-3-7)12-6-9(10)11;1-2-4-6-5-3-1;/h2*2-5H,6H2,1H3,(H,10,11);1-5H;. The molecule has 2 N–H and O–H groups in total. The third-order valence-corrected chi connectivity index (χ3v) is 4.37. The van der Waals surface area contributed by atoms with Crippen molar-refractivity contribution in [1.29, 1.82) is 0 Å². The van der Waals surface area contributed by atoms with E-state index in [1.807, 2.05) is 56.3 Å². The number of aryl methyl sites for hydroxylation is 2. The molecule has 0 fully saturated rings. The second-order valence-electron chi connectivity index (χ2n) is 6.33. The molecule has 0 aromatic heterocycles. The molecule has 0 heterocycles. The molecule has 3 aromatic carbocycles. The van der Waals surface area contributed by atoms with Crippen LogP contribution in [0.3, 0.4) is 0 Å². The molecule has 3 rings (SSSR count). The van der Waals surface area contributed by atoms with Gasteiger partial charge in [0.2, 0.25) is 0 Å². The van der Waals surface area contributed by atoms with Crippen LogP contribution in [0.25, 0.3) is 0 Å². The first kappa shape index (κ1) is 26.1. The van der Waals surface area contributed by atoms with Crippen molar-refractivity contribution < 1.29 is 29.3 Å². The third kappa shape index (κ3) is 13.8. The summed E-state index contributed by atoms with van der Waals surface area (Å²) in [5.74, 6) is -0.753.